The fraction of sp³-hybridized carbons (Fsp3) is 0.308. The molecule has 0 aliphatic carbocycles. The summed E-state index contributed by atoms with van der Waals surface area (Å²) < 4.78 is 5.71. The molecular weight excluding hydrogens is 224 g/mol. The quantitative estimate of drug-likeness (QED) is 0.696. The second-order valence-electron chi connectivity index (χ2n) is 4.17. The number of hydrogen-bond acceptors (Lipinski definition) is 2. The van der Waals surface area contributed by atoms with Crippen molar-refractivity contribution in [1.82, 2.24) is 0 Å². The number of hydrogen-bond donors (Lipinski definition) is 0. The first-order valence-corrected chi connectivity index (χ1v) is 5.58. The summed E-state index contributed by atoms with van der Waals surface area (Å²) in [5, 5.41) is 0.566. The van der Waals surface area contributed by atoms with Crippen LogP contribution in [0.15, 0.2) is 29.8 Å². The molecule has 1 aliphatic heterocycles. The number of carbonyl (C=O) groups is 1. The monoisotopic (exact) mass is 236 g/mol. The van der Waals surface area contributed by atoms with E-state index in [-0.39, 0.29) is 11.9 Å². The first-order valence-electron chi connectivity index (χ1n) is 5.20. The Hall–Kier alpha value is -1.28. The second kappa shape index (κ2) is 4.30. The smallest absolute Gasteiger partial charge is 0.170 e. The highest BCUT2D eigenvalue weighted by Gasteiger charge is 2.24. The van der Waals surface area contributed by atoms with Gasteiger partial charge in [-0.1, -0.05) is 17.2 Å². The Bertz CT molecular complexity index is 459. The van der Waals surface area contributed by atoms with E-state index in [4.69, 9.17) is 16.3 Å². The highest BCUT2D eigenvalue weighted by Crippen LogP contribution is 2.30. The van der Waals surface area contributed by atoms with Crippen molar-refractivity contribution in [2.24, 2.45) is 0 Å². The molecule has 1 aliphatic rings. The third-order valence-electron chi connectivity index (χ3n) is 2.43. The molecule has 0 aromatic heterocycles. The van der Waals surface area contributed by atoms with Gasteiger partial charge in [0.05, 0.1) is 12.0 Å². The number of ketones is 1. The van der Waals surface area contributed by atoms with E-state index in [9.17, 15) is 4.79 Å². The van der Waals surface area contributed by atoms with Crippen LogP contribution in [-0.4, -0.2) is 11.9 Å². The summed E-state index contributed by atoms with van der Waals surface area (Å²) >= 11 is 5.84. The number of benzene rings is 1. The normalized spacial score (nSPS) is 18.7. The summed E-state index contributed by atoms with van der Waals surface area (Å²) in [7, 11) is 0. The van der Waals surface area contributed by atoms with E-state index in [1.807, 2.05) is 19.9 Å². The Labute approximate surface area is 99.9 Å². The minimum Gasteiger partial charge on any atom is -0.485 e. The largest absolute Gasteiger partial charge is 0.485 e. The number of allylic oxidation sites excluding steroid dienone is 1. The third kappa shape index (κ3) is 2.27. The SMILES string of the molecule is CC(C)=CC1CC(=O)c2cc(Cl)ccc2O1. The van der Waals surface area contributed by atoms with E-state index in [0.717, 1.165) is 5.57 Å². The van der Waals surface area contributed by atoms with Gasteiger partial charge in [-0.3, -0.25) is 4.79 Å². The molecule has 3 heteroatoms. The van der Waals surface area contributed by atoms with Crippen LogP contribution < -0.4 is 4.74 Å². The van der Waals surface area contributed by atoms with Gasteiger partial charge in [0.1, 0.15) is 11.9 Å². The van der Waals surface area contributed by atoms with Crippen LogP contribution in [0.3, 0.4) is 0 Å². The van der Waals surface area contributed by atoms with Gasteiger partial charge in [-0.25, -0.2) is 0 Å². The molecule has 2 rings (SSSR count). The molecule has 1 heterocycles. The highest BCUT2D eigenvalue weighted by atomic mass is 35.5. The summed E-state index contributed by atoms with van der Waals surface area (Å²) in [6.45, 7) is 3.98. The number of halogens is 1. The van der Waals surface area contributed by atoms with Gasteiger partial charge >= 0.3 is 0 Å². The number of fused-ring (bicyclic) bond motifs is 1. The summed E-state index contributed by atoms with van der Waals surface area (Å²) in [6, 6.07) is 5.15. The van der Waals surface area contributed by atoms with E-state index in [1.54, 1.807) is 18.2 Å². The maximum absolute atomic E-state index is 11.9. The van der Waals surface area contributed by atoms with E-state index < -0.39 is 0 Å². The van der Waals surface area contributed by atoms with E-state index in [1.165, 1.54) is 0 Å². The Morgan fingerprint density at radius 3 is 2.94 bits per heavy atom. The molecular formula is C13H13ClO2. The van der Waals surface area contributed by atoms with E-state index >= 15 is 0 Å². The van der Waals surface area contributed by atoms with Crippen LogP contribution in [-0.2, 0) is 0 Å². The first kappa shape index (κ1) is 11.2. The zero-order valence-electron chi connectivity index (χ0n) is 9.29. The lowest BCUT2D eigenvalue weighted by atomic mass is 10.00. The highest BCUT2D eigenvalue weighted by molar-refractivity contribution is 6.31. The van der Waals surface area contributed by atoms with Crippen molar-refractivity contribution in [3.05, 3.63) is 40.4 Å². The van der Waals surface area contributed by atoms with Gasteiger partial charge < -0.3 is 4.74 Å². The van der Waals surface area contributed by atoms with Crippen molar-refractivity contribution < 1.29 is 9.53 Å². The minimum absolute atomic E-state index is 0.0891. The van der Waals surface area contributed by atoms with Crippen LogP contribution >= 0.6 is 11.6 Å². The fourth-order valence-corrected chi connectivity index (χ4v) is 1.96. The molecule has 0 radical (unpaired) electrons. The van der Waals surface area contributed by atoms with Gasteiger partial charge in [-0.2, -0.15) is 0 Å². The second-order valence-corrected chi connectivity index (χ2v) is 4.60. The van der Waals surface area contributed by atoms with Crippen molar-refractivity contribution >= 4 is 17.4 Å². The molecule has 0 spiro atoms. The maximum atomic E-state index is 11.9. The Kier molecular flexibility index (Phi) is 3.01. The van der Waals surface area contributed by atoms with Crippen LogP contribution in [0.5, 0.6) is 5.75 Å². The molecule has 0 saturated heterocycles. The van der Waals surface area contributed by atoms with Gasteiger partial charge in [-0.15, -0.1) is 0 Å². The minimum atomic E-state index is -0.147. The van der Waals surface area contributed by atoms with Crippen LogP contribution in [0.4, 0.5) is 0 Å². The lowest BCUT2D eigenvalue weighted by molar-refractivity contribution is 0.0893. The molecule has 2 nitrogen and oxygen atoms in total. The van der Waals surface area contributed by atoms with Crippen molar-refractivity contribution in [2.45, 2.75) is 26.4 Å². The molecule has 1 aromatic carbocycles. The van der Waals surface area contributed by atoms with Gasteiger partial charge in [0.15, 0.2) is 5.78 Å². The molecule has 1 aromatic rings. The summed E-state index contributed by atoms with van der Waals surface area (Å²) in [6.07, 6.45) is 2.21. The van der Waals surface area contributed by atoms with Crippen molar-refractivity contribution in [3.8, 4) is 5.75 Å². The molecule has 84 valence electrons. The molecule has 0 bridgehead atoms. The third-order valence-corrected chi connectivity index (χ3v) is 2.66. The van der Waals surface area contributed by atoms with Crippen molar-refractivity contribution in [1.29, 1.82) is 0 Å². The van der Waals surface area contributed by atoms with Crippen molar-refractivity contribution in [3.63, 3.8) is 0 Å². The zero-order valence-corrected chi connectivity index (χ0v) is 10.0. The van der Waals surface area contributed by atoms with Crippen LogP contribution in [0.2, 0.25) is 5.02 Å². The van der Waals surface area contributed by atoms with Gasteiger partial charge in [0.2, 0.25) is 0 Å². The fourth-order valence-electron chi connectivity index (χ4n) is 1.79. The number of Topliss-reactive ketones (excluding diaryl/α,β-unsaturated/α-hetero) is 1. The molecule has 0 amide bonds. The number of rotatable bonds is 1. The van der Waals surface area contributed by atoms with Gasteiger partial charge in [0, 0.05) is 5.02 Å². The molecule has 0 N–H and O–H groups in total. The Morgan fingerprint density at radius 2 is 2.25 bits per heavy atom. The standard InChI is InChI=1S/C13H13ClO2/c1-8(2)5-10-7-12(15)11-6-9(14)3-4-13(11)16-10/h3-6,10H,7H2,1-2H3. The summed E-state index contributed by atoms with van der Waals surface area (Å²) in [5.41, 5.74) is 1.74. The maximum Gasteiger partial charge on any atom is 0.170 e. The van der Waals surface area contributed by atoms with Gasteiger partial charge in [0.25, 0.3) is 0 Å². The topological polar surface area (TPSA) is 26.3 Å². The molecule has 0 saturated carbocycles. The van der Waals surface area contributed by atoms with Crippen molar-refractivity contribution in [2.75, 3.05) is 0 Å². The Balaban J connectivity index is 2.34. The average Bonchev–Trinajstić information content (AvgIpc) is 2.18. The Morgan fingerprint density at radius 1 is 1.50 bits per heavy atom. The van der Waals surface area contributed by atoms with E-state index in [0.29, 0.717) is 22.8 Å². The number of carbonyl (C=O) groups excluding carboxylic acids is 1. The summed E-state index contributed by atoms with van der Waals surface area (Å²) in [4.78, 5) is 11.9. The predicted octanol–water partition coefficient (Wildman–Crippen LogP) is 3.64. The average molecular weight is 237 g/mol. The zero-order chi connectivity index (χ0) is 11.7. The molecule has 1 atom stereocenters. The van der Waals surface area contributed by atoms with Crippen LogP contribution in [0, 0.1) is 0 Å². The number of ether oxygens (including phenoxy) is 1. The lowest BCUT2D eigenvalue weighted by Crippen LogP contribution is -2.25. The first-order chi connectivity index (χ1) is 7.56. The predicted molar refractivity (Wildman–Crippen MR) is 64.2 cm³/mol. The summed E-state index contributed by atoms with van der Waals surface area (Å²) in [5.74, 6) is 0.717. The van der Waals surface area contributed by atoms with Gasteiger partial charge in [-0.05, 0) is 38.1 Å². The molecule has 16 heavy (non-hydrogen) atoms. The lowest BCUT2D eigenvalue weighted by Gasteiger charge is -2.23. The van der Waals surface area contributed by atoms with Crippen LogP contribution in [0.1, 0.15) is 30.6 Å². The molecule has 1 unspecified atom stereocenters. The van der Waals surface area contributed by atoms with E-state index in [2.05, 4.69) is 0 Å². The van der Waals surface area contributed by atoms with Crippen LogP contribution in [0.25, 0.3) is 0 Å². The molecule has 0 fully saturated rings.